The SMILES string of the molecule is CC(C)(C)OC(=O)CCC(CO)NC(=O)CCNC(=O)C1=CC2OC(C3CC3)(C3CC3)OC2C(O)C1. The van der Waals surface area contributed by atoms with E-state index in [2.05, 4.69) is 10.6 Å². The van der Waals surface area contributed by atoms with Crippen molar-refractivity contribution < 1.29 is 38.8 Å². The number of carbonyl (C=O) groups excluding carboxylic acids is 3. The zero-order valence-corrected chi connectivity index (χ0v) is 21.5. The fourth-order valence-corrected chi connectivity index (χ4v) is 5.08. The second-order valence-electron chi connectivity index (χ2n) is 11.5. The topological polar surface area (TPSA) is 143 Å². The molecular formula is C26H40N2O8. The van der Waals surface area contributed by atoms with Gasteiger partial charge in [0, 0.05) is 43.2 Å². The van der Waals surface area contributed by atoms with Crippen molar-refractivity contribution >= 4 is 17.8 Å². The first-order chi connectivity index (χ1) is 17.0. The van der Waals surface area contributed by atoms with Crippen molar-refractivity contribution in [2.75, 3.05) is 13.2 Å². The number of rotatable bonds is 11. The fraction of sp³-hybridized carbons (Fsp3) is 0.808. The summed E-state index contributed by atoms with van der Waals surface area (Å²) in [5.41, 5.74) is -0.160. The monoisotopic (exact) mass is 508 g/mol. The van der Waals surface area contributed by atoms with E-state index in [9.17, 15) is 24.6 Å². The van der Waals surface area contributed by atoms with Gasteiger partial charge in [-0.2, -0.15) is 0 Å². The Kier molecular flexibility index (Phi) is 8.09. The lowest BCUT2D eigenvalue weighted by atomic mass is 9.92. The predicted octanol–water partition coefficient (Wildman–Crippen LogP) is 1.08. The van der Waals surface area contributed by atoms with Gasteiger partial charge in [0.1, 0.15) is 17.8 Å². The van der Waals surface area contributed by atoms with Gasteiger partial charge >= 0.3 is 5.97 Å². The molecule has 4 aliphatic rings. The number of aliphatic hydroxyl groups is 2. The Balaban J connectivity index is 1.21. The van der Waals surface area contributed by atoms with Crippen LogP contribution in [0.4, 0.5) is 0 Å². The zero-order valence-electron chi connectivity index (χ0n) is 21.5. The summed E-state index contributed by atoms with van der Waals surface area (Å²) < 4.78 is 17.9. The van der Waals surface area contributed by atoms with Gasteiger partial charge in [-0.25, -0.2) is 0 Å². The van der Waals surface area contributed by atoms with Crippen molar-refractivity contribution in [3.8, 4) is 0 Å². The highest BCUT2D eigenvalue weighted by Crippen LogP contribution is 2.59. The first-order valence-corrected chi connectivity index (χ1v) is 13.2. The second kappa shape index (κ2) is 10.8. The normalized spacial score (nSPS) is 28.0. The number of hydrogen-bond donors (Lipinski definition) is 4. The minimum Gasteiger partial charge on any atom is -0.460 e. The summed E-state index contributed by atoms with van der Waals surface area (Å²) in [4.78, 5) is 36.9. The fourth-order valence-electron chi connectivity index (χ4n) is 5.08. The van der Waals surface area contributed by atoms with E-state index in [4.69, 9.17) is 14.2 Å². The molecule has 4 atom stereocenters. The molecule has 36 heavy (non-hydrogen) atoms. The molecule has 10 heteroatoms. The molecule has 10 nitrogen and oxygen atoms in total. The average molecular weight is 509 g/mol. The molecule has 0 radical (unpaired) electrons. The van der Waals surface area contributed by atoms with Crippen LogP contribution in [0.15, 0.2) is 11.6 Å². The second-order valence-corrected chi connectivity index (χ2v) is 11.5. The molecule has 2 saturated carbocycles. The smallest absolute Gasteiger partial charge is 0.306 e. The minimum atomic E-state index is -0.821. The van der Waals surface area contributed by atoms with Gasteiger partial charge in [-0.3, -0.25) is 14.4 Å². The Morgan fingerprint density at radius 2 is 1.81 bits per heavy atom. The van der Waals surface area contributed by atoms with Gasteiger partial charge in [0.15, 0.2) is 5.79 Å². The van der Waals surface area contributed by atoms with Gasteiger partial charge in [-0.05, 0) is 59.0 Å². The van der Waals surface area contributed by atoms with E-state index in [1.54, 1.807) is 26.8 Å². The van der Waals surface area contributed by atoms with Gasteiger partial charge < -0.3 is 35.1 Å². The summed E-state index contributed by atoms with van der Waals surface area (Å²) in [7, 11) is 0. The molecule has 3 fully saturated rings. The molecule has 1 saturated heterocycles. The minimum absolute atomic E-state index is 0.0165. The highest BCUT2D eigenvalue weighted by atomic mass is 16.8. The summed E-state index contributed by atoms with van der Waals surface area (Å²) in [6, 6.07) is -0.577. The van der Waals surface area contributed by atoms with Crippen LogP contribution in [0.3, 0.4) is 0 Å². The van der Waals surface area contributed by atoms with Gasteiger partial charge in [-0.1, -0.05) is 0 Å². The van der Waals surface area contributed by atoms with Crippen LogP contribution in [0.5, 0.6) is 0 Å². The summed E-state index contributed by atoms with van der Waals surface area (Å²) >= 11 is 0. The van der Waals surface area contributed by atoms with Crippen LogP contribution in [0.1, 0.15) is 72.1 Å². The third kappa shape index (κ3) is 6.65. The Hall–Kier alpha value is -2.01. The summed E-state index contributed by atoms with van der Waals surface area (Å²) in [5, 5.41) is 25.6. The zero-order chi connectivity index (χ0) is 26.1. The van der Waals surface area contributed by atoms with Crippen molar-refractivity contribution in [2.24, 2.45) is 11.8 Å². The molecule has 4 rings (SSSR count). The number of nitrogens with one attached hydrogen (secondary N) is 2. The first kappa shape index (κ1) is 27.0. The van der Waals surface area contributed by atoms with Crippen LogP contribution in [-0.4, -0.2) is 76.9 Å². The molecule has 202 valence electrons. The van der Waals surface area contributed by atoms with Crippen LogP contribution in [0.25, 0.3) is 0 Å². The molecule has 4 N–H and O–H groups in total. The van der Waals surface area contributed by atoms with Crippen LogP contribution in [0.2, 0.25) is 0 Å². The maximum Gasteiger partial charge on any atom is 0.306 e. The standard InChI is InChI=1S/C26H40N2O8/c1-25(2,3)35-22(32)9-8-18(14-29)28-21(31)10-11-27-24(33)15-12-19(30)23-20(13-15)34-26(36-23,16-4-5-16)17-6-7-17/h13,16-20,23,29-30H,4-12,14H2,1-3H3,(H,27,33)(H,28,31). The number of amides is 2. The Morgan fingerprint density at radius 1 is 1.14 bits per heavy atom. The molecule has 3 aliphatic carbocycles. The van der Waals surface area contributed by atoms with Gasteiger partial charge in [0.25, 0.3) is 0 Å². The van der Waals surface area contributed by atoms with E-state index in [0.29, 0.717) is 17.4 Å². The van der Waals surface area contributed by atoms with E-state index in [1.807, 2.05) is 0 Å². The number of esters is 1. The number of fused-ring (bicyclic) bond motifs is 1. The van der Waals surface area contributed by atoms with E-state index in [-0.39, 0.29) is 50.6 Å². The maximum absolute atomic E-state index is 12.7. The number of carbonyl (C=O) groups is 3. The largest absolute Gasteiger partial charge is 0.460 e. The number of ether oxygens (including phenoxy) is 3. The van der Waals surface area contributed by atoms with E-state index < -0.39 is 41.7 Å². The van der Waals surface area contributed by atoms with Crippen LogP contribution in [0, 0.1) is 11.8 Å². The molecule has 1 aliphatic heterocycles. The molecule has 4 unspecified atom stereocenters. The molecule has 0 bridgehead atoms. The average Bonchev–Trinajstić information content (AvgIpc) is 3.72. The van der Waals surface area contributed by atoms with E-state index in [0.717, 1.165) is 25.7 Å². The Morgan fingerprint density at radius 3 is 2.39 bits per heavy atom. The Labute approximate surface area is 212 Å². The van der Waals surface area contributed by atoms with Crippen molar-refractivity contribution in [2.45, 2.75) is 108 Å². The predicted molar refractivity (Wildman–Crippen MR) is 128 cm³/mol. The summed E-state index contributed by atoms with van der Waals surface area (Å²) in [5.74, 6) is -0.942. The third-order valence-electron chi connectivity index (χ3n) is 7.06. The molecule has 0 aromatic rings. The summed E-state index contributed by atoms with van der Waals surface area (Å²) in [6.07, 6.45) is 4.84. The third-order valence-corrected chi connectivity index (χ3v) is 7.06. The van der Waals surface area contributed by atoms with Crippen LogP contribution >= 0.6 is 0 Å². The van der Waals surface area contributed by atoms with Crippen molar-refractivity contribution in [1.29, 1.82) is 0 Å². The van der Waals surface area contributed by atoms with Crippen molar-refractivity contribution in [3.05, 3.63) is 11.6 Å². The highest BCUT2D eigenvalue weighted by Gasteiger charge is 2.64. The lowest BCUT2D eigenvalue weighted by Gasteiger charge is -2.29. The number of aliphatic hydroxyl groups excluding tert-OH is 2. The highest BCUT2D eigenvalue weighted by molar-refractivity contribution is 5.94. The van der Waals surface area contributed by atoms with Crippen molar-refractivity contribution in [3.63, 3.8) is 0 Å². The van der Waals surface area contributed by atoms with E-state index in [1.165, 1.54) is 0 Å². The number of hydrogen-bond acceptors (Lipinski definition) is 8. The van der Waals surface area contributed by atoms with E-state index >= 15 is 0 Å². The lowest BCUT2D eigenvalue weighted by Crippen LogP contribution is -2.42. The first-order valence-electron chi connectivity index (χ1n) is 13.2. The quantitative estimate of drug-likeness (QED) is 0.304. The van der Waals surface area contributed by atoms with Crippen LogP contribution < -0.4 is 10.6 Å². The molecule has 1 heterocycles. The van der Waals surface area contributed by atoms with Gasteiger partial charge in [0.2, 0.25) is 11.8 Å². The molecular weight excluding hydrogens is 468 g/mol. The van der Waals surface area contributed by atoms with Gasteiger partial charge in [-0.15, -0.1) is 0 Å². The van der Waals surface area contributed by atoms with Crippen LogP contribution in [-0.2, 0) is 28.6 Å². The molecule has 0 aromatic carbocycles. The Bertz CT molecular complexity index is 862. The molecule has 0 spiro atoms. The maximum atomic E-state index is 12.7. The lowest BCUT2D eigenvalue weighted by molar-refractivity contribution is -0.209. The molecule has 2 amide bonds. The summed E-state index contributed by atoms with van der Waals surface area (Å²) in [6.45, 7) is 5.12. The van der Waals surface area contributed by atoms with Crippen molar-refractivity contribution in [1.82, 2.24) is 10.6 Å². The molecule has 0 aromatic heterocycles. The van der Waals surface area contributed by atoms with Gasteiger partial charge in [0.05, 0.1) is 18.8 Å².